The summed E-state index contributed by atoms with van der Waals surface area (Å²) < 4.78 is 0. The van der Waals surface area contributed by atoms with E-state index >= 15 is 0 Å². The summed E-state index contributed by atoms with van der Waals surface area (Å²) in [5.74, 6) is 0.298. The van der Waals surface area contributed by atoms with Crippen LogP contribution in [-0.2, 0) is 24.1 Å². The number of hydrogen-bond acceptors (Lipinski definition) is 9. The van der Waals surface area contributed by atoms with Crippen LogP contribution < -0.4 is 10.6 Å². The van der Waals surface area contributed by atoms with Crippen molar-refractivity contribution in [2.75, 3.05) is 10.6 Å². The van der Waals surface area contributed by atoms with Gasteiger partial charge >= 0.3 is 0 Å². The van der Waals surface area contributed by atoms with Crippen molar-refractivity contribution in [2.45, 2.75) is 44.4 Å². The molecule has 4 N–H and O–H groups in total. The Morgan fingerprint density at radius 2 is 1.73 bits per heavy atom. The van der Waals surface area contributed by atoms with Gasteiger partial charge in [0.1, 0.15) is 11.1 Å². The molecule has 2 unspecified atom stereocenters. The molecule has 2 atom stereocenters. The van der Waals surface area contributed by atoms with Gasteiger partial charge in [-0.05, 0) is 54.7 Å². The zero-order valence-electron chi connectivity index (χ0n) is 19.9. The van der Waals surface area contributed by atoms with Crippen LogP contribution in [0.2, 0.25) is 5.02 Å². The number of rotatable bonds is 12. The largest absolute Gasteiger partial charge is 0.384 e. The summed E-state index contributed by atoms with van der Waals surface area (Å²) in [6.07, 6.45) is 1.12. The predicted octanol–water partition coefficient (Wildman–Crippen LogP) is 4.19. The molecule has 2 heterocycles. The summed E-state index contributed by atoms with van der Waals surface area (Å²) in [7, 11) is 0. The maximum atomic E-state index is 12.2. The molecule has 1 amide bonds. The predicted molar refractivity (Wildman–Crippen MR) is 143 cm³/mol. The molecule has 4 aromatic rings. The minimum atomic E-state index is -1.25. The lowest BCUT2D eigenvalue weighted by molar-refractivity contribution is -0.115. The van der Waals surface area contributed by atoms with Gasteiger partial charge in [-0.3, -0.25) is 4.79 Å². The van der Waals surface area contributed by atoms with Crippen molar-refractivity contribution in [3.63, 3.8) is 0 Å². The fourth-order valence-electron chi connectivity index (χ4n) is 3.60. The van der Waals surface area contributed by atoms with E-state index in [0.717, 1.165) is 41.9 Å². The molecule has 0 saturated carbocycles. The van der Waals surface area contributed by atoms with Crippen LogP contribution in [0.4, 0.5) is 10.9 Å². The lowest BCUT2D eigenvalue weighted by Crippen LogP contribution is -2.26. The van der Waals surface area contributed by atoms with Gasteiger partial charge < -0.3 is 20.8 Å². The smallest absolute Gasteiger partial charge is 0.229 e. The molecular weight excluding hydrogens is 512 g/mol. The van der Waals surface area contributed by atoms with E-state index in [-0.39, 0.29) is 12.3 Å². The molecule has 0 radical (unpaired) electrons. The van der Waals surface area contributed by atoms with Crippen molar-refractivity contribution in [3.05, 3.63) is 93.6 Å². The topological polar surface area (TPSA) is 133 Å². The van der Waals surface area contributed by atoms with E-state index in [2.05, 4.69) is 31.0 Å². The Hall–Kier alpha value is -3.44. The number of aryl methyl sites for hydroxylation is 2. The number of benzene rings is 2. The van der Waals surface area contributed by atoms with Crippen LogP contribution in [0.15, 0.2) is 66.7 Å². The highest BCUT2D eigenvalue weighted by molar-refractivity contribution is 7.15. The molecule has 0 aliphatic carbocycles. The lowest BCUT2D eigenvalue weighted by atomic mass is 10.1. The van der Waals surface area contributed by atoms with Crippen molar-refractivity contribution in [3.8, 4) is 0 Å². The number of carbonyl (C=O) groups excluding carboxylic acids is 1. The minimum absolute atomic E-state index is 0.134. The quantitative estimate of drug-likeness (QED) is 0.156. The van der Waals surface area contributed by atoms with Gasteiger partial charge in [0.05, 0.1) is 12.1 Å². The third kappa shape index (κ3) is 8.29. The molecule has 192 valence electrons. The Balaban J connectivity index is 1.16. The van der Waals surface area contributed by atoms with Crippen LogP contribution in [0.1, 0.15) is 40.8 Å². The average Bonchev–Trinajstić information content (AvgIpc) is 3.34. The molecular formula is C26H27ClN6O3S. The SMILES string of the molecule is O=C(Cc1ccccc1)Nc1ccc(CCCCc2nnc(NC(O)C(O)c3cccc(Cl)c3)s2)nn1. The second-order valence-electron chi connectivity index (χ2n) is 8.42. The summed E-state index contributed by atoms with van der Waals surface area (Å²) in [6, 6.07) is 19.9. The van der Waals surface area contributed by atoms with E-state index in [0.29, 0.717) is 21.5 Å². The van der Waals surface area contributed by atoms with E-state index in [1.165, 1.54) is 11.3 Å². The van der Waals surface area contributed by atoms with Crippen LogP contribution in [0, 0.1) is 0 Å². The van der Waals surface area contributed by atoms with E-state index < -0.39 is 12.3 Å². The van der Waals surface area contributed by atoms with Crippen molar-refractivity contribution >= 4 is 39.8 Å². The molecule has 2 aromatic carbocycles. The highest BCUT2D eigenvalue weighted by Gasteiger charge is 2.20. The first kappa shape index (κ1) is 26.6. The van der Waals surface area contributed by atoms with E-state index in [9.17, 15) is 15.0 Å². The fraction of sp³-hybridized carbons (Fsp3) is 0.269. The Morgan fingerprint density at radius 1 is 0.919 bits per heavy atom. The number of hydrogen-bond donors (Lipinski definition) is 4. The van der Waals surface area contributed by atoms with E-state index in [1.807, 2.05) is 36.4 Å². The summed E-state index contributed by atoms with van der Waals surface area (Å²) in [5.41, 5.74) is 2.29. The number of carbonyl (C=O) groups is 1. The number of unbranched alkanes of at least 4 members (excludes halogenated alkanes) is 1. The second kappa shape index (κ2) is 13.2. The average molecular weight is 539 g/mol. The number of anilines is 2. The molecule has 0 spiro atoms. The molecule has 37 heavy (non-hydrogen) atoms. The number of aromatic nitrogens is 4. The normalized spacial score (nSPS) is 12.6. The number of nitrogens with zero attached hydrogens (tertiary/aromatic N) is 4. The van der Waals surface area contributed by atoms with Crippen LogP contribution >= 0.6 is 22.9 Å². The number of halogens is 1. The molecule has 0 aliphatic heterocycles. The zero-order valence-corrected chi connectivity index (χ0v) is 21.5. The summed E-state index contributed by atoms with van der Waals surface area (Å²) in [6.45, 7) is 0. The first-order valence-electron chi connectivity index (χ1n) is 11.8. The molecule has 0 bridgehead atoms. The molecule has 0 aliphatic rings. The Bertz CT molecular complexity index is 1290. The minimum Gasteiger partial charge on any atom is -0.384 e. The summed E-state index contributed by atoms with van der Waals surface area (Å²) in [5, 5.41) is 44.4. The third-order valence-electron chi connectivity index (χ3n) is 5.50. The number of amides is 1. The molecule has 0 saturated heterocycles. The van der Waals surface area contributed by atoms with Crippen molar-refractivity contribution in [2.24, 2.45) is 0 Å². The molecule has 2 aromatic heterocycles. The second-order valence-corrected chi connectivity index (χ2v) is 9.92. The number of aliphatic hydroxyl groups excluding tert-OH is 2. The summed E-state index contributed by atoms with van der Waals surface area (Å²) >= 11 is 7.28. The highest BCUT2D eigenvalue weighted by atomic mass is 35.5. The van der Waals surface area contributed by atoms with Gasteiger partial charge in [-0.2, -0.15) is 5.10 Å². The first-order valence-corrected chi connectivity index (χ1v) is 13.0. The molecule has 0 fully saturated rings. The summed E-state index contributed by atoms with van der Waals surface area (Å²) in [4.78, 5) is 12.2. The van der Waals surface area contributed by atoms with Gasteiger partial charge in [-0.1, -0.05) is 65.4 Å². The van der Waals surface area contributed by atoms with Crippen LogP contribution in [0.5, 0.6) is 0 Å². The lowest BCUT2D eigenvalue weighted by Gasteiger charge is -2.18. The standard InChI is InChI=1S/C26H27ClN6O3S/c27-19-10-6-9-18(16-19)24(35)25(36)29-26-33-32-23(37-26)12-5-4-11-20-13-14-21(31-30-20)28-22(34)15-17-7-2-1-3-8-17/h1-3,6-10,13-14,16,24-25,35-36H,4-5,11-12,15H2,(H,29,33)(H,28,31,34). The molecule has 4 rings (SSSR count). The monoisotopic (exact) mass is 538 g/mol. The maximum absolute atomic E-state index is 12.2. The van der Waals surface area contributed by atoms with Gasteiger partial charge in [-0.25, -0.2) is 0 Å². The van der Waals surface area contributed by atoms with Gasteiger partial charge in [0.15, 0.2) is 12.0 Å². The van der Waals surface area contributed by atoms with Gasteiger partial charge in [0.25, 0.3) is 0 Å². The fourth-order valence-corrected chi connectivity index (χ4v) is 4.61. The molecule has 11 heteroatoms. The van der Waals surface area contributed by atoms with E-state index in [1.54, 1.807) is 30.3 Å². The first-order chi connectivity index (χ1) is 18.0. The van der Waals surface area contributed by atoms with Crippen LogP contribution in [0.3, 0.4) is 0 Å². The van der Waals surface area contributed by atoms with Gasteiger partial charge in [0.2, 0.25) is 11.0 Å². The van der Waals surface area contributed by atoms with Crippen molar-refractivity contribution in [1.82, 2.24) is 20.4 Å². The zero-order chi connectivity index (χ0) is 26.0. The van der Waals surface area contributed by atoms with Crippen molar-refractivity contribution in [1.29, 1.82) is 0 Å². The number of nitrogens with one attached hydrogen (secondary N) is 2. The van der Waals surface area contributed by atoms with Crippen LogP contribution in [-0.4, -0.2) is 42.7 Å². The highest BCUT2D eigenvalue weighted by Crippen LogP contribution is 2.24. The third-order valence-corrected chi connectivity index (χ3v) is 6.65. The maximum Gasteiger partial charge on any atom is 0.229 e. The van der Waals surface area contributed by atoms with Gasteiger partial charge in [-0.15, -0.1) is 15.3 Å². The Morgan fingerprint density at radius 3 is 2.49 bits per heavy atom. The van der Waals surface area contributed by atoms with Gasteiger partial charge in [0, 0.05) is 11.4 Å². The van der Waals surface area contributed by atoms with Crippen LogP contribution in [0.25, 0.3) is 0 Å². The Kier molecular flexibility index (Phi) is 9.50. The van der Waals surface area contributed by atoms with Crippen molar-refractivity contribution < 1.29 is 15.0 Å². The number of aliphatic hydroxyl groups is 2. The van der Waals surface area contributed by atoms with E-state index in [4.69, 9.17) is 11.6 Å². The molecule has 9 nitrogen and oxygen atoms in total. The Labute approximate surface area is 223 Å².